The molecular weight excluding hydrogens is 264 g/mol. The Labute approximate surface area is 123 Å². The Morgan fingerprint density at radius 2 is 1.81 bits per heavy atom. The predicted molar refractivity (Wildman–Crippen MR) is 80.7 cm³/mol. The summed E-state index contributed by atoms with van der Waals surface area (Å²) in [6.45, 7) is 3.57. The first-order valence-corrected chi connectivity index (χ1v) is 6.90. The van der Waals surface area contributed by atoms with Gasteiger partial charge in [-0.05, 0) is 31.2 Å². The summed E-state index contributed by atoms with van der Waals surface area (Å²) in [6, 6.07) is 13.9. The van der Waals surface area contributed by atoms with Crippen LogP contribution in [0.3, 0.4) is 0 Å². The lowest BCUT2D eigenvalue weighted by Crippen LogP contribution is -2.22. The van der Waals surface area contributed by atoms with E-state index in [4.69, 9.17) is 4.52 Å². The lowest BCUT2D eigenvalue weighted by molar-refractivity contribution is 0.377. The minimum Gasteiger partial charge on any atom is -0.362 e. The van der Waals surface area contributed by atoms with E-state index in [-0.39, 0.29) is 0 Å². The molecule has 0 aliphatic rings. The summed E-state index contributed by atoms with van der Waals surface area (Å²) in [5, 5.41) is 4.03. The average Bonchev–Trinajstić information content (AvgIpc) is 3.03. The Morgan fingerprint density at radius 1 is 1.05 bits per heavy atom. The first kappa shape index (κ1) is 13.3. The lowest BCUT2D eigenvalue weighted by Gasteiger charge is -2.20. The molecule has 0 spiro atoms. The Morgan fingerprint density at radius 3 is 2.52 bits per heavy atom. The summed E-state index contributed by atoms with van der Waals surface area (Å²) in [5.74, 6) is 1.20. The molecule has 0 amide bonds. The van der Waals surface area contributed by atoms with Gasteiger partial charge in [0, 0.05) is 30.2 Å². The van der Waals surface area contributed by atoms with Crippen molar-refractivity contribution >= 4 is 5.69 Å². The number of hydrogen-bond acceptors (Lipinski definition) is 5. The summed E-state index contributed by atoms with van der Waals surface area (Å²) < 4.78 is 5.35. The highest BCUT2D eigenvalue weighted by atomic mass is 16.5. The molecule has 0 fully saturated rings. The third kappa shape index (κ3) is 3.08. The SMILES string of the molecule is CCN(Cc1nc(-c2ccncc2)no1)c1ccccc1. The second-order valence-corrected chi connectivity index (χ2v) is 4.60. The van der Waals surface area contributed by atoms with Gasteiger partial charge in [-0.25, -0.2) is 0 Å². The molecule has 5 heteroatoms. The standard InChI is InChI=1S/C16H16N4O/c1-2-20(14-6-4-3-5-7-14)12-15-18-16(19-21-15)13-8-10-17-11-9-13/h3-11H,2,12H2,1H3. The van der Waals surface area contributed by atoms with Crippen molar-refractivity contribution < 1.29 is 4.52 Å². The molecule has 0 saturated carbocycles. The summed E-state index contributed by atoms with van der Waals surface area (Å²) in [6.07, 6.45) is 3.43. The molecule has 0 radical (unpaired) electrons. The number of aromatic nitrogens is 3. The van der Waals surface area contributed by atoms with Crippen molar-refractivity contribution in [3.05, 3.63) is 60.7 Å². The summed E-state index contributed by atoms with van der Waals surface area (Å²) in [5.41, 5.74) is 2.05. The molecular formula is C16H16N4O. The third-order valence-corrected chi connectivity index (χ3v) is 3.24. The van der Waals surface area contributed by atoms with Crippen LogP contribution in [0.25, 0.3) is 11.4 Å². The normalized spacial score (nSPS) is 10.5. The van der Waals surface area contributed by atoms with Crippen LogP contribution in [0.1, 0.15) is 12.8 Å². The molecule has 106 valence electrons. The van der Waals surface area contributed by atoms with Gasteiger partial charge in [0.2, 0.25) is 11.7 Å². The van der Waals surface area contributed by atoms with Crippen LogP contribution in [-0.4, -0.2) is 21.7 Å². The van der Waals surface area contributed by atoms with E-state index in [1.807, 2.05) is 30.3 Å². The molecule has 3 aromatic rings. The minimum absolute atomic E-state index is 0.594. The lowest BCUT2D eigenvalue weighted by atomic mass is 10.2. The van der Waals surface area contributed by atoms with Gasteiger partial charge >= 0.3 is 0 Å². The quantitative estimate of drug-likeness (QED) is 0.718. The number of anilines is 1. The van der Waals surface area contributed by atoms with Crippen molar-refractivity contribution in [3.8, 4) is 11.4 Å². The largest absolute Gasteiger partial charge is 0.362 e. The van der Waals surface area contributed by atoms with Crippen molar-refractivity contribution in [1.29, 1.82) is 0 Å². The number of pyridine rings is 1. The molecule has 0 atom stereocenters. The van der Waals surface area contributed by atoms with Gasteiger partial charge in [-0.15, -0.1) is 0 Å². The zero-order valence-electron chi connectivity index (χ0n) is 11.8. The number of nitrogens with zero attached hydrogens (tertiary/aromatic N) is 4. The first-order valence-electron chi connectivity index (χ1n) is 6.90. The summed E-state index contributed by atoms with van der Waals surface area (Å²) in [4.78, 5) is 10.6. The van der Waals surface area contributed by atoms with E-state index in [1.165, 1.54) is 0 Å². The van der Waals surface area contributed by atoms with Crippen LogP contribution in [0, 0.1) is 0 Å². The topological polar surface area (TPSA) is 55.1 Å². The smallest absolute Gasteiger partial charge is 0.246 e. The Balaban J connectivity index is 1.78. The van der Waals surface area contributed by atoms with Crippen molar-refractivity contribution in [2.24, 2.45) is 0 Å². The predicted octanol–water partition coefficient (Wildman–Crippen LogP) is 3.16. The van der Waals surface area contributed by atoms with Gasteiger partial charge in [0.15, 0.2) is 0 Å². The Kier molecular flexibility index (Phi) is 3.91. The molecule has 1 aromatic carbocycles. The fourth-order valence-corrected chi connectivity index (χ4v) is 2.13. The highest BCUT2D eigenvalue weighted by Crippen LogP contribution is 2.18. The molecule has 0 unspecified atom stereocenters. The maximum Gasteiger partial charge on any atom is 0.246 e. The molecule has 5 nitrogen and oxygen atoms in total. The molecule has 2 aromatic heterocycles. The van der Waals surface area contributed by atoms with Crippen LogP contribution in [0.15, 0.2) is 59.4 Å². The highest BCUT2D eigenvalue weighted by molar-refractivity contribution is 5.52. The van der Waals surface area contributed by atoms with Crippen LogP contribution in [0.4, 0.5) is 5.69 Å². The Bertz CT molecular complexity index is 682. The summed E-state index contributed by atoms with van der Waals surface area (Å²) >= 11 is 0. The molecule has 21 heavy (non-hydrogen) atoms. The molecule has 3 rings (SSSR count). The van der Waals surface area contributed by atoms with E-state index in [9.17, 15) is 0 Å². The zero-order valence-corrected chi connectivity index (χ0v) is 11.8. The van der Waals surface area contributed by atoms with Crippen LogP contribution in [-0.2, 0) is 6.54 Å². The third-order valence-electron chi connectivity index (χ3n) is 3.24. The molecule has 0 aliphatic carbocycles. The van der Waals surface area contributed by atoms with Crippen molar-refractivity contribution in [2.45, 2.75) is 13.5 Å². The van der Waals surface area contributed by atoms with Crippen LogP contribution >= 0.6 is 0 Å². The number of rotatable bonds is 5. The molecule has 0 bridgehead atoms. The molecule has 2 heterocycles. The van der Waals surface area contributed by atoms with Gasteiger partial charge in [-0.3, -0.25) is 4.98 Å². The van der Waals surface area contributed by atoms with Gasteiger partial charge in [0.1, 0.15) is 0 Å². The number of hydrogen-bond donors (Lipinski definition) is 0. The molecule has 0 saturated heterocycles. The van der Waals surface area contributed by atoms with Gasteiger partial charge in [-0.2, -0.15) is 4.98 Å². The van der Waals surface area contributed by atoms with Crippen LogP contribution in [0.5, 0.6) is 0 Å². The second-order valence-electron chi connectivity index (χ2n) is 4.60. The second kappa shape index (κ2) is 6.17. The van der Waals surface area contributed by atoms with Gasteiger partial charge in [-0.1, -0.05) is 23.4 Å². The van der Waals surface area contributed by atoms with E-state index < -0.39 is 0 Å². The van der Waals surface area contributed by atoms with Crippen molar-refractivity contribution in [2.75, 3.05) is 11.4 Å². The zero-order chi connectivity index (χ0) is 14.5. The molecule has 0 aliphatic heterocycles. The number of benzene rings is 1. The van der Waals surface area contributed by atoms with Crippen molar-refractivity contribution in [3.63, 3.8) is 0 Å². The van der Waals surface area contributed by atoms with Gasteiger partial charge in [0.25, 0.3) is 0 Å². The highest BCUT2D eigenvalue weighted by Gasteiger charge is 2.12. The number of para-hydroxylation sites is 1. The van der Waals surface area contributed by atoms with E-state index in [0.717, 1.165) is 17.8 Å². The van der Waals surface area contributed by atoms with Crippen LogP contribution < -0.4 is 4.90 Å². The Hall–Kier alpha value is -2.69. The fraction of sp³-hybridized carbons (Fsp3) is 0.188. The maximum atomic E-state index is 5.35. The average molecular weight is 280 g/mol. The maximum absolute atomic E-state index is 5.35. The van der Waals surface area contributed by atoms with Crippen LogP contribution in [0.2, 0.25) is 0 Å². The summed E-state index contributed by atoms with van der Waals surface area (Å²) in [7, 11) is 0. The minimum atomic E-state index is 0.594. The van der Waals surface area contributed by atoms with E-state index in [2.05, 4.69) is 39.1 Å². The van der Waals surface area contributed by atoms with E-state index >= 15 is 0 Å². The molecule has 0 N–H and O–H groups in total. The van der Waals surface area contributed by atoms with E-state index in [1.54, 1.807) is 12.4 Å². The monoisotopic (exact) mass is 280 g/mol. The first-order chi connectivity index (χ1) is 10.4. The van der Waals surface area contributed by atoms with Gasteiger partial charge in [0.05, 0.1) is 6.54 Å². The van der Waals surface area contributed by atoms with Gasteiger partial charge < -0.3 is 9.42 Å². The van der Waals surface area contributed by atoms with E-state index in [0.29, 0.717) is 18.3 Å². The van der Waals surface area contributed by atoms with Crippen molar-refractivity contribution in [1.82, 2.24) is 15.1 Å². The fourth-order valence-electron chi connectivity index (χ4n) is 2.13.